The number of carbonyl (C=O) groups is 2. The zero-order valence-electron chi connectivity index (χ0n) is 21.5. The number of hydrogen-bond acceptors (Lipinski definition) is 3. The first-order valence-electron chi connectivity index (χ1n) is 12.2. The Bertz CT molecular complexity index is 1370. The molecule has 4 rings (SSSR count). The lowest BCUT2D eigenvalue weighted by molar-refractivity contribution is -0.274. The number of likely N-dealkylation sites (N-methyl/N-ethyl adjacent to an activating group) is 1. The van der Waals surface area contributed by atoms with Crippen molar-refractivity contribution >= 4 is 29.4 Å². The maximum absolute atomic E-state index is 13.7. The number of hydrogen-bond donors (Lipinski definition) is 1. The van der Waals surface area contributed by atoms with Gasteiger partial charge in [-0.1, -0.05) is 41.9 Å². The summed E-state index contributed by atoms with van der Waals surface area (Å²) >= 11 is 5.96. The van der Waals surface area contributed by atoms with Crippen molar-refractivity contribution in [2.75, 3.05) is 32.1 Å². The van der Waals surface area contributed by atoms with E-state index in [0.29, 0.717) is 21.7 Å². The molecule has 3 aromatic rings. The monoisotopic (exact) mass is 579 g/mol. The molecule has 0 unspecified atom stereocenters. The summed E-state index contributed by atoms with van der Waals surface area (Å²) in [6.07, 6.45) is -5.85. The van der Waals surface area contributed by atoms with Gasteiger partial charge < -0.3 is 19.6 Å². The highest BCUT2D eigenvalue weighted by molar-refractivity contribution is 6.30. The van der Waals surface area contributed by atoms with E-state index >= 15 is 0 Å². The van der Waals surface area contributed by atoms with Gasteiger partial charge >= 0.3 is 18.5 Å². The van der Waals surface area contributed by atoms with Gasteiger partial charge in [0.15, 0.2) is 5.75 Å². The van der Waals surface area contributed by atoms with Crippen LogP contribution in [0.15, 0.2) is 66.7 Å². The van der Waals surface area contributed by atoms with E-state index in [1.807, 2.05) is 0 Å². The lowest BCUT2D eigenvalue weighted by Gasteiger charge is -2.43. The van der Waals surface area contributed by atoms with Crippen LogP contribution in [0, 0.1) is 5.82 Å². The predicted molar refractivity (Wildman–Crippen MR) is 142 cm³/mol. The molecule has 12 heteroatoms. The Hall–Kier alpha value is -3.99. The number of nitrogens with zero attached hydrogens (tertiary/aromatic N) is 3. The van der Waals surface area contributed by atoms with Gasteiger partial charge in [0, 0.05) is 44.2 Å². The number of anilines is 1. The van der Waals surface area contributed by atoms with Crippen molar-refractivity contribution < 1.29 is 37.0 Å². The van der Waals surface area contributed by atoms with Gasteiger partial charge in [0.05, 0.1) is 5.69 Å². The number of alkyl halides is 3. The molecule has 1 aliphatic heterocycles. The van der Waals surface area contributed by atoms with Crippen LogP contribution in [0.2, 0.25) is 5.02 Å². The molecular formula is C28H26ClF4N3O4. The van der Waals surface area contributed by atoms with Crippen molar-refractivity contribution in [1.82, 2.24) is 9.80 Å². The number of urea groups is 1. The molecule has 7 nitrogen and oxygen atoms in total. The number of likely N-dealkylation sites (tertiary alicyclic amines) is 1. The van der Waals surface area contributed by atoms with Crippen LogP contribution in [0.4, 0.5) is 32.8 Å². The molecule has 0 spiro atoms. The average molecular weight is 580 g/mol. The second kappa shape index (κ2) is 11.6. The third-order valence-corrected chi connectivity index (χ3v) is 7.21. The van der Waals surface area contributed by atoms with Gasteiger partial charge in [0.25, 0.3) is 0 Å². The molecule has 1 heterocycles. The topological polar surface area (TPSA) is 73.3 Å². The number of rotatable bonds is 5. The van der Waals surface area contributed by atoms with Crippen molar-refractivity contribution in [3.63, 3.8) is 0 Å². The van der Waals surface area contributed by atoms with Crippen molar-refractivity contribution in [1.29, 1.82) is 0 Å². The third kappa shape index (κ3) is 6.59. The Labute approximate surface area is 233 Å². The van der Waals surface area contributed by atoms with Crippen LogP contribution in [0.1, 0.15) is 17.9 Å². The fourth-order valence-corrected chi connectivity index (χ4v) is 5.03. The normalized spacial score (nSPS) is 17.3. The average Bonchev–Trinajstić information content (AvgIpc) is 2.92. The van der Waals surface area contributed by atoms with Gasteiger partial charge in [-0.05, 0) is 59.5 Å². The van der Waals surface area contributed by atoms with Crippen molar-refractivity contribution in [3.05, 3.63) is 83.1 Å². The summed E-state index contributed by atoms with van der Waals surface area (Å²) < 4.78 is 57.6. The third-order valence-electron chi connectivity index (χ3n) is 6.95. The summed E-state index contributed by atoms with van der Waals surface area (Å²) in [6, 6.07) is 15.1. The predicted octanol–water partition coefficient (Wildman–Crippen LogP) is 7.07. The van der Waals surface area contributed by atoms with Gasteiger partial charge in [0.1, 0.15) is 5.82 Å². The first-order valence-corrected chi connectivity index (χ1v) is 12.6. The number of amides is 3. The molecule has 0 radical (unpaired) electrons. The van der Waals surface area contributed by atoms with E-state index in [9.17, 15) is 32.3 Å². The number of carboxylic acid groups (broad SMARTS) is 1. The molecule has 40 heavy (non-hydrogen) atoms. The molecule has 0 aliphatic carbocycles. The molecule has 0 bridgehead atoms. The lowest BCUT2D eigenvalue weighted by Crippen LogP contribution is -2.54. The second-order valence-electron chi connectivity index (χ2n) is 9.43. The van der Waals surface area contributed by atoms with Crippen LogP contribution in [0.3, 0.4) is 0 Å². The van der Waals surface area contributed by atoms with E-state index in [-0.39, 0.29) is 25.2 Å². The Balaban J connectivity index is 1.67. The van der Waals surface area contributed by atoms with E-state index in [4.69, 9.17) is 11.6 Å². The number of piperidine rings is 1. The highest BCUT2D eigenvalue weighted by Crippen LogP contribution is 2.38. The zero-order valence-corrected chi connectivity index (χ0v) is 22.3. The Morgan fingerprint density at radius 3 is 2.23 bits per heavy atom. The van der Waals surface area contributed by atoms with Crippen LogP contribution < -0.4 is 9.64 Å². The molecule has 0 aromatic heterocycles. The summed E-state index contributed by atoms with van der Waals surface area (Å²) in [5.74, 6) is -1.53. The fourth-order valence-electron chi connectivity index (χ4n) is 4.91. The van der Waals surface area contributed by atoms with Crippen LogP contribution in [0.25, 0.3) is 11.1 Å². The largest absolute Gasteiger partial charge is 0.573 e. The van der Waals surface area contributed by atoms with Crippen molar-refractivity contribution in [2.24, 2.45) is 0 Å². The van der Waals surface area contributed by atoms with E-state index < -0.39 is 42.0 Å². The molecule has 212 valence electrons. The summed E-state index contributed by atoms with van der Waals surface area (Å²) in [5.41, 5.74) is 1.70. The minimum absolute atomic E-state index is 0.0570. The van der Waals surface area contributed by atoms with Gasteiger partial charge in [0.2, 0.25) is 0 Å². The second-order valence-corrected chi connectivity index (χ2v) is 9.87. The molecule has 1 fully saturated rings. The number of halogens is 5. The first kappa shape index (κ1) is 29.0. The summed E-state index contributed by atoms with van der Waals surface area (Å²) in [5, 5.41) is 10.0. The minimum atomic E-state index is -5.00. The van der Waals surface area contributed by atoms with E-state index in [1.165, 1.54) is 60.3 Å². The highest BCUT2D eigenvalue weighted by Gasteiger charge is 2.38. The molecular weight excluding hydrogens is 554 g/mol. The van der Waals surface area contributed by atoms with Crippen LogP contribution >= 0.6 is 11.6 Å². The molecule has 2 atom stereocenters. The van der Waals surface area contributed by atoms with Gasteiger partial charge in [-0.15, -0.1) is 13.2 Å². The summed E-state index contributed by atoms with van der Waals surface area (Å²) in [6.45, 7) is 0.203. The van der Waals surface area contributed by atoms with Crippen LogP contribution in [0.5, 0.6) is 5.75 Å². The maximum atomic E-state index is 13.7. The zero-order chi connectivity index (χ0) is 29.2. The quantitative estimate of drug-likeness (QED) is 0.328. The van der Waals surface area contributed by atoms with Crippen molar-refractivity contribution in [2.45, 2.75) is 24.7 Å². The fraction of sp³-hybridized carbons (Fsp3) is 0.286. The summed E-state index contributed by atoms with van der Waals surface area (Å²) in [7, 11) is 2.84. The smallest absolute Gasteiger partial charge is 0.465 e. The highest BCUT2D eigenvalue weighted by atomic mass is 35.5. The summed E-state index contributed by atoms with van der Waals surface area (Å²) in [4.78, 5) is 29.0. The Kier molecular flexibility index (Phi) is 8.43. The van der Waals surface area contributed by atoms with Gasteiger partial charge in [-0.3, -0.25) is 4.90 Å². The first-order chi connectivity index (χ1) is 18.8. The van der Waals surface area contributed by atoms with E-state index in [0.717, 1.165) is 11.0 Å². The number of benzene rings is 3. The van der Waals surface area contributed by atoms with Gasteiger partial charge in [-0.25, -0.2) is 14.0 Å². The lowest BCUT2D eigenvalue weighted by atomic mass is 9.85. The minimum Gasteiger partial charge on any atom is -0.465 e. The van der Waals surface area contributed by atoms with Crippen molar-refractivity contribution in [3.8, 4) is 16.9 Å². The van der Waals surface area contributed by atoms with Crippen LogP contribution in [-0.4, -0.2) is 66.6 Å². The van der Waals surface area contributed by atoms with Crippen LogP contribution in [-0.2, 0) is 0 Å². The molecule has 1 N–H and O–H groups in total. The standard InChI is InChI=1S/C28H26ClF4N3O4/c1-34(23-13-14-36(27(38)39)16-22(23)18-5-10-21(30)11-6-18)26(37)35(2)24-15-19(17-3-8-20(29)9-4-17)7-12-25(24)40-28(31,32)33/h3-12,15,22-23H,13-14,16H2,1-2H3,(H,38,39)/t22-,23+/m0/s1. The molecule has 3 amide bonds. The maximum Gasteiger partial charge on any atom is 0.573 e. The molecule has 1 saturated heterocycles. The van der Waals surface area contributed by atoms with E-state index in [2.05, 4.69) is 4.74 Å². The van der Waals surface area contributed by atoms with Gasteiger partial charge in [-0.2, -0.15) is 0 Å². The van der Waals surface area contributed by atoms with E-state index in [1.54, 1.807) is 24.3 Å². The number of ether oxygens (including phenoxy) is 1. The number of carbonyl (C=O) groups excluding carboxylic acids is 1. The molecule has 1 aliphatic rings. The molecule has 0 saturated carbocycles. The molecule has 3 aromatic carbocycles. The Morgan fingerprint density at radius 2 is 1.62 bits per heavy atom. The SMILES string of the molecule is CN(C(=O)N(C)[C@@H]1CCN(C(=O)O)C[C@H]1c1ccc(F)cc1)c1cc(-c2ccc(Cl)cc2)ccc1OC(F)(F)F. The Morgan fingerprint density at radius 1 is 1.00 bits per heavy atom.